The maximum atomic E-state index is 12.9. The van der Waals surface area contributed by atoms with Gasteiger partial charge in [-0.1, -0.05) is 208 Å². The van der Waals surface area contributed by atoms with E-state index in [1.54, 1.807) is 0 Å². The van der Waals surface area contributed by atoms with E-state index >= 15 is 0 Å². The van der Waals surface area contributed by atoms with Gasteiger partial charge >= 0.3 is 39.5 Å². The molecule has 3 N–H and O–H groups in total. The second kappa shape index (κ2) is 48.4. The molecule has 6 atom stereocenters. The zero-order chi connectivity index (χ0) is 54.3. The first-order valence-corrected chi connectivity index (χ1v) is 31.7. The molecule has 0 rings (SSSR count). The van der Waals surface area contributed by atoms with E-state index in [0.717, 1.165) is 134 Å². The molecule has 0 aliphatic heterocycles. The SMILES string of the molecule is CCCCCCCCCC(=O)OC[C@H](COP(=O)(O)OC[C@H](O)COP(=O)(O)OC[C@@H](COC(=O)CCCCCCCCC)OC(=O)CCCCCCCCCCC(C)CC)OC(=O)CCCCCCCCC. The molecular weight excluding hydrogens is 983 g/mol. The average Bonchev–Trinajstić information content (AvgIpc) is 3.36. The third kappa shape index (κ3) is 48.2. The molecule has 0 saturated carbocycles. The highest BCUT2D eigenvalue weighted by molar-refractivity contribution is 7.47. The molecule has 0 spiro atoms. The monoisotopic (exact) mass is 1090 g/mol. The van der Waals surface area contributed by atoms with Gasteiger partial charge in [-0.3, -0.25) is 37.3 Å². The molecule has 0 amide bonds. The summed E-state index contributed by atoms with van der Waals surface area (Å²) in [5.41, 5.74) is 0. The third-order valence-electron chi connectivity index (χ3n) is 12.6. The van der Waals surface area contributed by atoms with Gasteiger partial charge in [-0.2, -0.15) is 0 Å². The van der Waals surface area contributed by atoms with Gasteiger partial charge in [-0.05, 0) is 31.6 Å². The van der Waals surface area contributed by atoms with Crippen molar-refractivity contribution in [3.8, 4) is 0 Å². The van der Waals surface area contributed by atoms with Crippen LogP contribution in [0.15, 0.2) is 0 Å². The quantitative estimate of drug-likeness (QED) is 0.0222. The van der Waals surface area contributed by atoms with Crippen LogP contribution in [0.4, 0.5) is 0 Å². The largest absolute Gasteiger partial charge is 0.472 e. The zero-order valence-electron chi connectivity index (χ0n) is 46.3. The Bertz CT molecular complexity index is 1450. The lowest BCUT2D eigenvalue weighted by Crippen LogP contribution is -2.30. The van der Waals surface area contributed by atoms with Crippen molar-refractivity contribution in [2.75, 3.05) is 39.6 Å². The van der Waals surface area contributed by atoms with Gasteiger partial charge in [-0.25, -0.2) is 9.13 Å². The molecule has 0 saturated heterocycles. The van der Waals surface area contributed by atoms with Gasteiger partial charge in [0.15, 0.2) is 12.2 Å². The van der Waals surface area contributed by atoms with Crippen molar-refractivity contribution in [3.63, 3.8) is 0 Å². The second-order valence-electron chi connectivity index (χ2n) is 19.9. The number of carbonyl (C=O) groups excluding carboxylic acids is 4. The molecule has 0 fully saturated rings. The minimum Gasteiger partial charge on any atom is -0.462 e. The minimum atomic E-state index is -4.93. The Morgan fingerprint density at radius 2 is 0.658 bits per heavy atom. The number of rotatable bonds is 54. The van der Waals surface area contributed by atoms with Crippen molar-refractivity contribution in [1.82, 2.24) is 0 Å². The van der Waals surface area contributed by atoms with Gasteiger partial charge < -0.3 is 33.8 Å². The van der Waals surface area contributed by atoms with E-state index in [9.17, 15) is 43.2 Å². The summed E-state index contributed by atoms with van der Waals surface area (Å²) in [5, 5.41) is 10.4. The molecule has 0 aromatic heterocycles. The lowest BCUT2D eigenvalue weighted by atomic mass is 9.99. The second-order valence-corrected chi connectivity index (χ2v) is 22.8. The first-order valence-electron chi connectivity index (χ1n) is 28.7. The van der Waals surface area contributed by atoms with Crippen LogP contribution in [0.2, 0.25) is 0 Å². The molecule has 0 heterocycles. The number of aliphatic hydroxyl groups is 1. The highest BCUT2D eigenvalue weighted by atomic mass is 31.2. The van der Waals surface area contributed by atoms with Crippen molar-refractivity contribution >= 4 is 39.5 Å². The van der Waals surface area contributed by atoms with Crippen molar-refractivity contribution in [3.05, 3.63) is 0 Å². The molecule has 17 nitrogen and oxygen atoms in total. The van der Waals surface area contributed by atoms with E-state index in [-0.39, 0.29) is 25.7 Å². The van der Waals surface area contributed by atoms with Gasteiger partial charge in [0.1, 0.15) is 19.3 Å². The van der Waals surface area contributed by atoms with Crippen LogP contribution in [-0.2, 0) is 65.4 Å². The molecule has 19 heteroatoms. The normalized spacial score (nSPS) is 14.9. The van der Waals surface area contributed by atoms with E-state index in [4.69, 9.17) is 37.0 Å². The fraction of sp³-hybridized carbons (Fsp3) is 0.926. The Morgan fingerprint density at radius 1 is 0.384 bits per heavy atom. The van der Waals surface area contributed by atoms with Crippen LogP contribution in [0, 0.1) is 5.92 Å². The van der Waals surface area contributed by atoms with E-state index in [1.165, 1.54) is 44.9 Å². The molecule has 0 bridgehead atoms. The average molecular weight is 1090 g/mol. The maximum Gasteiger partial charge on any atom is 0.472 e. The lowest BCUT2D eigenvalue weighted by Gasteiger charge is -2.21. The van der Waals surface area contributed by atoms with Crippen molar-refractivity contribution in [2.24, 2.45) is 5.92 Å². The predicted octanol–water partition coefficient (Wildman–Crippen LogP) is 13.9. The highest BCUT2D eigenvalue weighted by Gasteiger charge is 2.30. The van der Waals surface area contributed by atoms with Gasteiger partial charge in [0, 0.05) is 25.7 Å². The van der Waals surface area contributed by atoms with E-state index in [0.29, 0.717) is 25.7 Å². The molecule has 0 aliphatic rings. The summed E-state index contributed by atoms with van der Waals surface area (Å²) in [6, 6.07) is 0. The van der Waals surface area contributed by atoms with E-state index < -0.39 is 97.5 Å². The van der Waals surface area contributed by atoms with E-state index in [2.05, 4.69) is 34.6 Å². The molecule has 0 aromatic carbocycles. The van der Waals surface area contributed by atoms with Gasteiger partial charge in [0.25, 0.3) is 0 Å². The summed E-state index contributed by atoms with van der Waals surface area (Å²) < 4.78 is 67.3. The van der Waals surface area contributed by atoms with Gasteiger partial charge in [-0.15, -0.1) is 0 Å². The summed E-state index contributed by atoms with van der Waals surface area (Å²) in [4.78, 5) is 71.4. The summed E-state index contributed by atoms with van der Waals surface area (Å²) in [6.45, 7) is 6.98. The van der Waals surface area contributed by atoms with Crippen LogP contribution in [0.1, 0.15) is 259 Å². The molecule has 0 radical (unpaired) electrons. The van der Waals surface area contributed by atoms with Crippen LogP contribution in [0.3, 0.4) is 0 Å². The van der Waals surface area contributed by atoms with Crippen LogP contribution >= 0.6 is 15.6 Å². The topological polar surface area (TPSA) is 237 Å². The number of hydrogen-bond donors (Lipinski definition) is 3. The fourth-order valence-corrected chi connectivity index (χ4v) is 9.36. The summed E-state index contributed by atoms with van der Waals surface area (Å²) >= 11 is 0. The first-order chi connectivity index (χ1) is 35.1. The molecular formula is C54H104O17P2. The fourth-order valence-electron chi connectivity index (χ4n) is 7.78. The number of aliphatic hydroxyl groups excluding tert-OH is 1. The Labute approximate surface area is 441 Å². The summed E-state index contributed by atoms with van der Waals surface area (Å²) in [7, 11) is -9.85. The number of phosphoric acid groups is 2. The Morgan fingerprint density at radius 3 is 0.973 bits per heavy atom. The van der Waals surface area contributed by atoms with Crippen LogP contribution in [0.25, 0.3) is 0 Å². The molecule has 432 valence electrons. The summed E-state index contributed by atoms with van der Waals surface area (Å²) in [5.74, 6) is -1.39. The molecule has 73 heavy (non-hydrogen) atoms. The van der Waals surface area contributed by atoms with Crippen molar-refractivity contribution < 1.29 is 80.2 Å². The van der Waals surface area contributed by atoms with Gasteiger partial charge in [0.2, 0.25) is 0 Å². The standard InChI is InChI=1S/C54H104O17P2/c1-6-10-13-16-21-27-32-37-51(56)64-43-49(70-53(58)39-34-29-23-18-15-12-8-3)45-68-72(60,61)66-41-48(55)42-67-73(62,63)69-46-50(44-65-52(57)38-33-28-22-17-14-11-7-2)71-54(59)40-35-30-25-20-19-24-26-31-36-47(5)9-4/h47-50,55H,6-46H2,1-5H3,(H,60,61)(H,62,63)/t47?,48-,49+,50+/m0/s1. The predicted molar refractivity (Wildman–Crippen MR) is 285 cm³/mol. The number of esters is 4. The highest BCUT2D eigenvalue weighted by Crippen LogP contribution is 2.45. The Hall–Kier alpha value is -1.94. The van der Waals surface area contributed by atoms with E-state index in [1.807, 2.05) is 0 Å². The molecule has 3 unspecified atom stereocenters. The zero-order valence-corrected chi connectivity index (χ0v) is 48.0. The molecule has 0 aromatic rings. The molecule has 0 aliphatic carbocycles. The van der Waals surface area contributed by atoms with Crippen molar-refractivity contribution in [1.29, 1.82) is 0 Å². The smallest absolute Gasteiger partial charge is 0.462 e. The summed E-state index contributed by atoms with van der Waals surface area (Å²) in [6.07, 6.45) is 28.3. The lowest BCUT2D eigenvalue weighted by molar-refractivity contribution is -0.161. The van der Waals surface area contributed by atoms with Gasteiger partial charge in [0.05, 0.1) is 26.4 Å². The van der Waals surface area contributed by atoms with Crippen LogP contribution < -0.4 is 0 Å². The number of ether oxygens (including phenoxy) is 4. The number of carbonyl (C=O) groups is 4. The van der Waals surface area contributed by atoms with Crippen LogP contribution in [0.5, 0.6) is 0 Å². The number of unbranched alkanes of at least 4 members (excludes halogenated alkanes) is 25. The Balaban J connectivity index is 5.18. The maximum absolute atomic E-state index is 12.9. The number of phosphoric ester groups is 2. The Kier molecular flexibility index (Phi) is 47.1. The number of hydrogen-bond acceptors (Lipinski definition) is 15. The van der Waals surface area contributed by atoms with Crippen LogP contribution in [-0.4, -0.2) is 96.7 Å². The van der Waals surface area contributed by atoms with Crippen molar-refractivity contribution in [2.45, 2.75) is 278 Å². The minimum absolute atomic E-state index is 0.103. The first kappa shape index (κ1) is 71.1. The third-order valence-corrected chi connectivity index (χ3v) is 14.5.